The van der Waals surface area contributed by atoms with Gasteiger partial charge in [0.05, 0.1) is 12.1 Å². The van der Waals surface area contributed by atoms with Crippen LogP contribution in [-0.2, 0) is 17.5 Å². The van der Waals surface area contributed by atoms with Crippen molar-refractivity contribution in [2.24, 2.45) is 0 Å². The molecule has 1 aliphatic heterocycles. The number of likely N-dealkylation sites (tertiary alicyclic amines) is 1. The van der Waals surface area contributed by atoms with Crippen molar-refractivity contribution in [2.75, 3.05) is 6.54 Å². The van der Waals surface area contributed by atoms with Crippen LogP contribution in [0.3, 0.4) is 0 Å². The first kappa shape index (κ1) is 22.8. The molecule has 31 heavy (non-hydrogen) atoms. The third-order valence-electron chi connectivity index (χ3n) is 4.90. The summed E-state index contributed by atoms with van der Waals surface area (Å²) >= 11 is 0. The summed E-state index contributed by atoms with van der Waals surface area (Å²) in [5.74, 6) is -0.523. The molecule has 1 fully saturated rings. The van der Waals surface area contributed by atoms with Crippen molar-refractivity contribution in [1.29, 1.82) is 0 Å². The summed E-state index contributed by atoms with van der Waals surface area (Å²) in [5, 5.41) is 11.3. The number of carbonyl (C=O) groups excluding carboxylic acids is 1. The second-order valence-corrected chi connectivity index (χ2v) is 7.20. The van der Waals surface area contributed by atoms with Gasteiger partial charge in [0.25, 0.3) is 0 Å². The molecule has 0 aliphatic carbocycles. The number of benzene rings is 1. The molecule has 3 rings (SSSR count). The number of alkyl halides is 6. The van der Waals surface area contributed by atoms with Crippen LogP contribution in [0, 0.1) is 6.92 Å². The minimum absolute atomic E-state index is 0.0324. The predicted octanol–water partition coefficient (Wildman–Crippen LogP) is 4.01. The van der Waals surface area contributed by atoms with Crippen molar-refractivity contribution in [3.63, 3.8) is 0 Å². The molecule has 1 amide bonds. The van der Waals surface area contributed by atoms with E-state index >= 15 is 0 Å². The minimum atomic E-state index is -4.59. The fourth-order valence-corrected chi connectivity index (χ4v) is 3.42. The van der Waals surface area contributed by atoms with E-state index in [2.05, 4.69) is 15.4 Å². The summed E-state index contributed by atoms with van der Waals surface area (Å²) in [6.45, 7) is 1.37. The Morgan fingerprint density at radius 2 is 1.94 bits per heavy atom. The second-order valence-electron chi connectivity index (χ2n) is 7.20. The van der Waals surface area contributed by atoms with Crippen molar-refractivity contribution >= 4 is 12.0 Å². The zero-order valence-electron chi connectivity index (χ0n) is 16.4. The third kappa shape index (κ3) is 5.61. The number of aryl methyl sites for hydroxylation is 1. The van der Waals surface area contributed by atoms with E-state index in [1.54, 1.807) is 6.92 Å². The Labute approximate surface area is 173 Å². The van der Waals surface area contributed by atoms with Crippen LogP contribution in [-0.4, -0.2) is 49.8 Å². The SMILES string of the molecule is Cc1nnn(Cc2cc(C(F)(F)F)ccc2C=CC(=O)N2CCCCC2C(F)(F)F)n1. The van der Waals surface area contributed by atoms with E-state index in [-0.39, 0.29) is 30.6 Å². The number of aromatic nitrogens is 4. The van der Waals surface area contributed by atoms with Gasteiger partial charge in [-0.15, -0.1) is 10.2 Å². The van der Waals surface area contributed by atoms with Crippen molar-refractivity contribution < 1.29 is 31.1 Å². The Balaban J connectivity index is 1.88. The van der Waals surface area contributed by atoms with E-state index in [4.69, 9.17) is 0 Å². The minimum Gasteiger partial charge on any atom is -0.327 e. The van der Waals surface area contributed by atoms with Gasteiger partial charge in [0.15, 0.2) is 5.82 Å². The topological polar surface area (TPSA) is 63.9 Å². The highest BCUT2D eigenvalue weighted by molar-refractivity contribution is 5.92. The number of hydrogen-bond acceptors (Lipinski definition) is 4. The number of rotatable bonds is 4. The highest BCUT2D eigenvalue weighted by Gasteiger charge is 2.45. The molecule has 12 heteroatoms. The Hall–Kier alpha value is -2.92. The molecule has 0 bridgehead atoms. The van der Waals surface area contributed by atoms with Gasteiger partial charge < -0.3 is 4.90 Å². The fourth-order valence-electron chi connectivity index (χ4n) is 3.42. The molecule has 168 valence electrons. The number of amides is 1. The van der Waals surface area contributed by atoms with Crippen LogP contribution in [0.25, 0.3) is 6.08 Å². The quantitative estimate of drug-likeness (QED) is 0.525. The number of hydrogen-bond donors (Lipinski definition) is 0. The van der Waals surface area contributed by atoms with Gasteiger partial charge in [-0.2, -0.15) is 31.1 Å². The third-order valence-corrected chi connectivity index (χ3v) is 4.90. The lowest BCUT2D eigenvalue weighted by Gasteiger charge is -2.36. The van der Waals surface area contributed by atoms with Crippen LogP contribution in [0.2, 0.25) is 0 Å². The van der Waals surface area contributed by atoms with Crippen LogP contribution in [0.4, 0.5) is 26.3 Å². The van der Waals surface area contributed by atoms with E-state index in [0.29, 0.717) is 18.7 Å². The van der Waals surface area contributed by atoms with Crippen LogP contribution < -0.4 is 0 Å². The molecule has 1 atom stereocenters. The first-order valence-corrected chi connectivity index (χ1v) is 9.45. The Bertz CT molecular complexity index is 965. The normalized spacial score (nSPS) is 18.0. The van der Waals surface area contributed by atoms with Crippen molar-refractivity contribution in [3.05, 3.63) is 46.8 Å². The Morgan fingerprint density at radius 3 is 2.55 bits per heavy atom. The van der Waals surface area contributed by atoms with E-state index in [1.165, 1.54) is 6.08 Å². The highest BCUT2D eigenvalue weighted by Crippen LogP contribution is 2.33. The average molecular weight is 447 g/mol. The molecule has 1 aliphatic rings. The molecule has 2 heterocycles. The molecular formula is C19H19F6N5O. The van der Waals surface area contributed by atoms with Crippen molar-refractivity contribution in [3.8, 4) is 0 Å². The Morgan fingerprint density at radius 1 is 1.19 bits per heavy atom. The zero-order valence-corrected chi connectivity index (χ0v) is 16.4. The fraction of sp³-hybridized carbons (Fsp3) is 0.474. The number of carbonyl (C=O) groups is 1. The summed E-state index contributed by atoms with van der Waals surface area (Å²) in [6.07, 6.45) is -6.32. The number of piperidine rings is 1. The van der Waals surface area contributed by atoms with Gasteiger partial charge in [-0.05, 0) is 60.7 Å². The molecule has 1 saturated heterocycles. The summed E-state index contributed by atoms with van der Waals surface area (Å²) in [6, 6.07) is 1.02. The van der Waals surface area contributed by atoms with Crippen molar-refractivity contribution in [1.82, 2.24) is 25.1 Å². The summed E-state index contributed by atoms with van der Waals surface area (Å²) in [7, 11) is 0. The molecule has 6 nitrogen and oxygen atoms in total. The molecule has 0 spiro atoms. The van der Waals surface area contributed by atoms with E-state index in [0.717, 1.165) is 34.0 Å². The number of halogens is 6. The maximum Gasteiger partial charge on any atom is 0.416 e. The first-order valence-electron chi connectivity index (χ1n) is 9.45. The Kier molecular flexibility index (Phi) is 6.37. The smallest absolute Gasteiger partial charge is 0.327 e. The molecule has 1 aromatic carbocycles. The van der Waals surface area contributed by atoms with Crippen LogP contribution >= 0.6 is 0 Å². The molecule has 0 saturated carbocycles. The lowest BCUT2D eigenvalue weighted by atomic mass is 10.0. The predicted molar refractivity (Wildman–Crippen MR) is 97.5 cm³/mol. The second kappa shape index (κ2) is 8.67. The first-order chi connectivity index (χ1) is 14.4. The van der Waals surface area contributed by atoms with Gasteiger partial charge in [-0.25, -0.2) is 0 Å². The summed E-state index contributed by atoms with van der Waals surface area (Å²) in [5.41, 5.74) is -0.532. The van der Waals surface area contributed by atoms with Gasteiger partial charge >= 0.3 is 12.4 Å². The van der Waals surface area contributed by atoms with Gasteiger partial charge in [0, 0.05) is 12.6 Å². The monoisotopic (exact) mass is 447 g/mol. The molecule has 0 N–H and O–H groups in total. The van der Waals surface area contributed by atoms with Crippen LogP contribution in [0.1, 0.15) is 41.8 Å². The highest BCUT2D eigenvalue weighted by atomic mass is 19.4. The van der Waals surface area contributed by atoms with Gasteiger partial charge in [0.2, 0.25) is 5.91 Å². The zero-order chi connectivity index (χ0) is 22.8. The van der Waals surface area contributed by atoms with Gasteiger partial charge in [-0.1, -0.05) is 6.07 Å². The molecule has 0 radical (unpaired) electrons. The van der Waals surface area contributed by atoms with Crippen LogP contribution in [0.15, 0.2) is 24.3 Å². The van der Waals surface area contributed by atoms with Crippen LogP contribution in [0.5, 0.6) is 0 Å². The largest absolute Gasteiger partial charge is 0.416 e. The molecule has 1 aromatic heterocycles. The van der Waals surface area contributed by atoms with Gasteiger partial charge in [0.1, 0.15) is 6.04 Å². The standard InChI is InChI=1S/C19H19F6N5O/c1-12-26-28-30(27-12)11-14-10-15(18(20,21)22)7-5-13(14)6-8-17(31)29-9-3-2-4-16(29)19(23,24)25/h5-8,10,16H,2-4,9,11H2,1H3. The van der Waals surface area contributed by atoms with Crippen molar-refractivity contribution in [2.45, 2.75) is 51.1 Å². The molecule has 1 unspecified atom stereocenters. The molecule has 2 aromatic rings. The lowest BCUT2D eigenvalue weighted by Crippen LogP contribution is -2.50. The summed E-state index contributed by atoms with van der Waals surface area (Å²) < 4.78 is 79.1. The maximum absolute atomic E-state index is 13.2. The van der Waals surface area contributed by atoms with E-state index in [9.17, 15) is 31.1 Å². The number of tetrazole rings is 1. The van der Waals surface area contributed by atoms with Gasteiger partial charge in [-0.3, -0.25) is 4.79 Å². The van der Waals surface area contributed by atoms with E-state index < -0.39 is 29.9 Å². The lowest BCUT2D eigenvalue weighted by molar-refractivity contribution is -0.193. The summed E-state index contributed by atoms with van der Waals surface area (Å²) in [4.78, 5) is 14.3. The van der Waals surface area contributed by atoms with E-state index in [1.807, 2.05) is 0 Å². The number of nitrogens with zero attached hydrogens (tertiary/aromatic N) is 5. The molecular weight excluding hydrogens is 428 g/mol. The average Bonchev–Trinajstić information content (AvgIpc) is 3.10. The maximum atomic E-state index is 13.2.